The molecular formula is C14H28N2O3. The number of hydrogen-bond donors (Lipinski definition) is 3. The Morgan fingerprint density at radius 2 is 1.79 bits per heavy atom. The molecule has 0 fully saturated rings. The molecule has 0 aromatic carbocycles. The van der Waals surface area contributed by atoms with Gasteiger partial charge in [0.2, 0.25) is 5.91 Å². The molecule has 0 aromatic rings. The van der Waals surface area contributed by atoms with Gasteiger partial charge in [-0.2, -0.15) is 0 Å². The van der Waals surface area contributed by atoms with Crippen molar-refractivity contribution >= 4 is 11.9 Å². The van der Waals surface area contributed by atoms with E-state index < -0.39 is 5.97 Å². The smallest absolute Gasteiger partial charge is 0.303 e. The van der Waals surface area contributed by atoms with Gasteiger partial charge in [0, 0.05) is 18.9 Å². The van der Waals surface area contributed by atoms with Crippen LogP contribution in [0, 0.1) is 17.8 Å². The Morgan fingerprint density at radius 1 is 1.16 bits per heavy atom. The van der Waals surface area contributed by atoms with Gasteiger partial charge in [0.25, 0.3) is 0 Å². The van der Waals surface area contributed by atoms with Gasteiger partial charge in [0.1, 0.15) is 0 Å². The number of nitrogens with one attached hydrogen (secondary N) is 1. The van der Waals surface area contributed by atoms with Gasteiger partial charge in [0.05, 0.1) is 0 Å². The van der Waals surface area contributed by atoms with Crippen molar-refractivity contribution < 1.29 is 14.7 Å². The zero-order valence-corrected chi connectivity index (χ0v) is 12.3. The molecule has 4 N–H and O–H groups in total. The molecule has 2 atom stereocenters. The first-order valence-electron chi connectivity index (χ1n) is 7.08. The van der Waals surface area contributed by atoms with Crippen LogP contribution in [0.4, 0.5) is 0 Å². The minimum Gasteiger partial charge on any atom is -0.481 e. The molecule has 0 saturated carbocycles. The summed E-state index contributed by atoms with van der Waals surface area (Å²) < 4.78 is 0. The molecule has 5 heteroatoms. The van der Waals surface area contributed by atoms with E-state index >= 15 is 0 Å². The first-order chi connectivity index (χ1) is 8.88. The third-order valence-electron chi connectivity index (χ3n) is 3.53. The number of aliphatic carboxylic acids is 1. The van der Waals surface area contributed by atoms with Crippen molar-refractivity contribution in [3.63, 3.8) is 0 Å². The van der Waals surface area contributed by atoms with Crippen molar-refractivity contribution in [2.45, 2.75) is 46.5 Å². The lowest BCUT2D eigenvalue weighted by atomic mass is 9.88. The highest BCUT2D eigenvalue weighted by molar-refractivity contribution is 5.78. The number of carbonyl (C=O) groups excluding carboxylic acids is 1. The van der Waals surface area contributed by atoms with Crippen molar-refractivity contribution in [3.05, 3.63) is 0 Å². The van der Waals surface area contributed by atoms with E-state index in [2.05, 4.69) is 19.2 Å². The fourth-order valence-electron chi connectivity index (χ4n) is 2.06. The molecule has 2 unspecified atom stereocenters. The van der Waals surface area contributed by atoms with Crippen molar-refractivity contribution in [3.8, 4) is 0 Å². The highest BCUT2D eigenvalue weighted by atomic mass is 16.4. The average Bonchev–Trinajstić information content (AvgIpc) is 2.32. The van der Waals surface area contributed by atoms with Gasteiger partial charge in [-0.3, -0.25) is 9.59 Å². The second-order valence-corrected chi connectivity index (χ2v) is 5.49. The molecule has 1 amide bonds. The van der Waals surface area contributed by atoms with Crippen LogP contribution in [0.3, 0.4) is 0 Å². The monoisotopic (exact) mass is 272 g/mol. The van der Waals surface area contributed by atoms with Crippen LogP contribution in [-0.2, 0) is 9.59 Å². The lowest BCUT2D eigenvalue weighted by Gasteiger charge is -2.20. The maximum Gasteiger partial charge on any atom is 0.303 e. The Balaban J connectivity index is 3.98. The van der Waals surface area contributed by atoms with Gasteiger partial charge in [0.15, 0.2) is 0 Å². The summed E-state index contributed by atoms with van der Waals surface area (Å²) >= 11 is 0. The largest absolute Gasteiger partial charge is 0.481 e. The van der Waals surface area contributed by atoms with Crippen molar-refractivity contribution in [2.75, 3.05) is 13.1 Å². The SMILES string of the molecule is CC(CCN)C(=O)NCCC(CCC(=O)O)C(C)C. The van der Waals surface area contributed by atoms with Crippen LogP contribution in [-0.4, -0.2) is 30.1 Å². The Morgan fingerprint density at radius 3 is 2.26 bits per heavy atom. The molecule has 0 aromatic heterocycles. The standard InChI is InChI=1S/C14H28N2O3/c1-10(2)12(4-5-13(17)18)7-9-16-14(19)11(3)6-8-15/h10-12H,4-9,15H2,1-3H3,(H,16,19)(H,17,18). The van der Waals surface area contributed by atoms with Crippen molar-refractivity contribution in [1.29, 1.82) is 0 Å². The zero-order valence-electron chi connectivity index (χ0n) is 12.3. The van der Waals surface area contributed by atoms with E-state index in [1.807, 2.05) is 6.92 Å². The molecule has 0 aliphatic carbocycles. The fourth-order valence-corrected chi connectivity index (χ4v) is 2.06. The summed E-state index contributed by atoms with van der Waals surface area (Å²) in [6.45, 7) is 7.17. The first kappa shape index (κ1) is 17.9. The number of nitrogens with two attached hydrogens (primary N) is 1. The topological polar surface area (TPSA) is 92.4 Å². The highest BCUT2D eigenvalue weighted by Gasteiger charge is 2.16. The Labute approximate surface area is 115 Å². The molecule has 0 aliphatic rings. The third kappa shape index (κ3) is 8.59. The number of rotatable bonds is 10. The Hall–Kier alpha value is -1.10. The summed E-state index contributed by atoms with van der Waals surface area (Å²) in [7, 11) is 0. The lowest BCUT2D eigenvalue weighted by molar-refractivity contribution is -0.137. The zero-order chi connectivity index (χ0) is 14.8. The Kier molecular flexibility index (Phi) is 9.21. The van der Waals surface area contributed by atoms with Crippen LogP contribution >= 0.6 is 0 Å². The van der Waals surface area contributed by atoms with Gasteiger partial charge in [-0.15, -0.1) is 0 Å². The molecule has 112 valence electrons. The predicted molar refractivity (Wildman–Crippen MR) is 75.7 cm³/mol. The minimum absolute atomic E-state index is 0.0335. The Bertz CT molecular complexity index is 280. The maximum absolute atomic E-state index is 11.7. The van der Waals surface area contributed by atoms with Crippen LogP contribution in [0.2, 0.25) is 0 Å². The summed E-state index contributed by atoms with van der Waals surface area (Å²) in [5, 5.41) is 11.6. The van der Waals surface area contributed by atoms with Gasteiger partial charge < -0.3 is 16.2 Å². The molecule has 0 saturated heterocycles. The summed E-state index contributed by atoms with van der Waals surface area (Å²) in [6, 6.07) is 0. The number of amides is 1. The molecule has 5 nitrogen and oxygen atoms in total. The van der Waals surface area contributed by atoms with Crippen LogP contribution in [0.1, 0.15) is 46.5 Å². The lowest BCUT2D eigenvalue weighted by Crippen LogP contribution is -2.32. The normalized spacial score (nSPS) is 14.2. The minimum atomic E-state index is -0.758. The molecule has 0 aliphatic heterocycles. The van der Waals surface area contributed by atoms with E-state index in [1.54, 1.807) is 0 Å². The van der Waals surface area contributed by atoms with E-state index in [0.29, 0.717) is 37.8 Å². The van der Waals surface area contributed by atoms with Crippen LogP contribution in [0.25, 0.3) is 0 Å². The number of hydrogen-bond acceptors (Lipinski definition) is 3. The summed E-state index contributed by atoms with van der Waals surface area (Å²) in [4.78, 5) is 22.3. The maximum atomic E-state index is 11.7. The quantitative estimate of drug-likeness (QED) is 0.563. The molecule has 0 spiro atoms. The first-order valence-corrected chi connectivity index (χ1v) is 7.08. The number of carboxylic acid groups (broad SMARTS) is 1. The van der Waals surface area contributed by atoms with Gasteiger partial charge in [-0.05, 0) is 37.6 Å². The number of carbonyl (C=O) groups is 2. The number of carboxylic acids is 1. The highest BCUT2D eigenvalue weighted by Crippen LogP contribution is 2.20. The molecule has 0 radical (unpaired) electrons. The average molecular weight is 272 g/mol. The fraction of sp³-hybridized carbons (Fsp3) is 0.857. The van der Waals surface area contributed by atoms with E-state index in [4.69, 9.17) is 10.8 Å². The molecule has 0 bridgehead atoms. The summed E-state index contributed by atoms with van der Waals surface area (Å²) in [6.07, 6.45) is 2.38. The van der Waals surface area contributed by atoms with Crippen LogP contribution in [0.5, 0.6) is 0 Å². The van der Waals surface area contributed by atoms with E-state index in [9.17, 15) is 9.59 Å². The van der Waals surface area contributed by atoms with Crippen molar-refractivity contribution in [2.24, 2.45) is 23.5 Å². The van der Waals surface area contributed by atoms with Crippen LogP contribution < -0.4 is 11.1 Å². The van der Waals surface area contributed by atoms with Gasteiger partial charge >= 0.3 is 5.97 Å². The van der Waals surface area contributed by atoms with Crippen molar-refractivity contribution in [1.82, 2.24) is 5.32 Å². The third-order valence-corrected chi connectivity index (χ3v) is 3.53. The summed E-state index contributed by atoms with van der Waals surface area (Å²) in [5.74, 6) is -0.0158. The molecular weight excluding hydrogens is 244 g/mol. The predicted octanol–water partition coefficient (Wildman–Crippen LogP) is 1.61. The molecule has 0 rings (SSSR count). The van der Waals surface area contributed by atoms with Gasteiger partial charge in [-0.25, -0.2) is 0 Å². The molecule has 19 heavy (non-hydrogen) atoms. The van der Waals surface area contributed by atoms with Crippen LogP contribution in [0.15, 0.2) is 0 Å². The van der Waals surface area contributed by atoms with E-state index in [0.717, 1.165) is 6.42 Å². The van der Waals surface area contributed by atoms with Gasteiger partial charge in [-0.1, -0.05) is 20.8 Å². The van der Waals surface area contributed by atoms with E-state index in [-0.39, 0.29) is 18.2 Å². The molecule has 0 heterocycles. The second-order valence-electron chi connectivity index (χ2n) is 5.49. The second kappa shape index (κ2) is 9.78. The summed E-state index contributed by atoms with van der Waals surface area (Å²) in [5.41, 5.74) is 5.42. The van der Waals surface area contributed by atoms with E-state index in [1.165, 1.54) is 0 Å².